The minimum atomic E-state index is -0.281. The first-order valence-corrected chi connectivity index (χ1v) is 7.38. The van der Waals surface area contributed by atoms with E-state index in [1.54, 1.807) is 19.1 Å². The lowest BCUT2D eigenvalue weighted by molar-refractivity contribution is 0.232. The summed E-state index contributed by atoms with van der Waals surface area (Å²) in [6.45, 7) is 4.05. The normalized spacial score (nSPS) is 11.8. The smallest absolute Gasteiger partial charge is 0.166 e. The van der Waals surface area contributed by atoms with Crippen molar-refractivity contribution >= 4 is 5.82 Å². The molecule has 0 aliphatic rings. The molecule has 2 aromatic rings. The maximum Gasteiger partial charge on any atom is 0.166 e. The van der Waals surface area contributed by atoms with Crippen LogP contribution in [0.15, 0.2) is 24.3 Å². The molecule has 0 spiro atoms. The number of nitriles is 1. The number of rotatable bonds is 6. The lowest BCUT2D eigenvalue weighted by atomic mass is 10.00. The molecule has 0 aliphatic carbocycles. The predicted octanol–water partition coefficient (Wildman–Crippen LogP) is 2.37. The van der Waals surface area contributed by atoms with Gasteiger partial charge in [-0.05, 0) is 43.5 Å². The second kappa shape index (κ2) is 7.65. The van der Waals surface area contributed by atoms with Crippen LogP contribution in [0.25, 0.3) is 0 Å². The fourth-order valence-corrected chi connectivity index (χ4v) is 2.27. The zero-order valence-electron chi connectivity index (χ0n) is 13.2. The Labute approximate surface area is 134 Å². The summed E-state index contributed by atoms with van der Waals surface area (Å²) in [6, 6.07) is 8.34. The van der Waals surface area contributed by atoms with E-state index in [2.05, 4.69) is 21.6 Å². The number of aryl methyl sites for hydroxylation is 1. The standard InChI is InChI=1S/C17H19FN4O/c1-11-12(2)21-22-17(16(11)8-19)20-9-14(10-23)7-13-3-5-15(18)6-4-13/h3-6,14,23H,7,9-10H2,1-2H3,(H,20,22). The zero-order valence-corrected chi connectivity index (χ0v) is 13.2. The first-order chi connectivity index (χ1) is 11.0. The van der Waals surface area contributed by atoms with Gasteiger partial charge in [0.2, 0.25) is 0 Å². The van der Waals surface area contributed by atoms with Crippen LogP contribution in [0.5, 0.6) is 0 Å². The van der Waals surface area contributed by atoms with E-state index in [9.17, 15) is 14.8 Å². The lowest BCUT2D eigenvalue weighted by Crippen LogP contribution is -2.21. The van der Waals surface area contributed by atoms with Crippen LogP contribution in [0, 0.1) is 36.9 Å². The van der Waals surface area contributed by atoms with Gasteiger partial charge in [0.25, 0.3) is 0 Å². The highest BCUT2D eigenvalue weighted by Crippen LogP contribution is 2.18. The van der Waals surface area contributed by atoms with Gasteiger partial charge in [-0.3, -0.25) is 0 Å². The Kier molecular flexibility index (Phi) is 5.61. The first-order valence-electron chi connectivity index (χ1n) is 7.38. The Hall–Kier alpha value is -2.52. The highest BCUT2D eigenvalue weighted by molar-refractivity contribution is 5.55. The van der Waals surface area contributed by atoms with Gasteiger partial charge in [0.1, 0.15) is 17.4 Å². The fraction of sp³-hybridized carbons (Fsp3) is 0.353. The number of halogens is 1. The van der Waals surface area contributed by atoms with Crippen LogP contribution in [0.2, 0.25) is 0 Å². The molecule has 5 nitrogen and oxygen atoms in total. The van der Waals surface area contributed by atoms with E-state index in [-0.39, 0.29) is 18.3 Å². The molecule has 0 aliphatic heterocycles. The number of benzene rings is 1. The summed E-state index contributed by atoms with van der Waals surface area (Å²) in [5.74, 6) is 0.0695. The van der Waals surface area contributed by atoms with Crippen molar-refractivity contribution in [2.24, 2.45) is 5.92 Å². The van der Waals surface area contributed by atoms with Gasteiger partial charge in [-0.1, -0.05) is 12.1 Å². The Balaban J connectivity index is 2.05. The third-order valence-electron chi connectivity index (χ3n) is 3.82. The van der Waals surface area contributed by atoms with Crippen molar-refractivity contribution in [1.29, 1.82) is 5.26 Å². The summed E-state index contributed by atoms with van der Waals surface area (Å²) in [5.41, 5.74) is 2.93. The Morgan fingerprint density at radius 2 is 1.96 bits per heavy atom. The Morgan fingerprint density at radius 1 is 1.26 bits per heavy atom. The van der Waals surface area contributed by atoms with Crippen molar-refractivity contribution in [2.45, 2.75) is 20.3 Å². The molecule has 1 aromatic carbocycles. The quantitative estimate of drug-likeness (QED) is 0.855. The maximum absolute atomic E-state index is 12.9. The molecule has 0 bridgehead atoms. The lowest BCUT2D eigenvalue weighted by Gasteiger charge is -2.16. The zero-order chi connectivity index (χ0) is 16.8. The SMILES string of the molecule is Cc1nnc(NCC(CO)Cc2ccc(F)cc2)c(C#N)c1C. The second-order valence-corrected chi connectivity index (χ2v) is 5.51. The average molecular weight is 314 g/mol. The average Bonchev–Trinajstić information content (AvgIpc) is 2.56. The van der Waals surface area contributed by atoms with Gasteiger partial charge in [0, 0.05) is 19.1 Å². The van der Waals surface area contributed by atoms with Crippen LogP contribution < -0.4 is 5.32 Å². The van der Waals surface area contributed by atoms with E-state index in [0.29, 0.717) is 24.3 Å². The molecule has 0 saturated heterocycles. The van der Waals surface area contributed by atoms with Crippen LogP contribution in [0.4, 0.5) is 10.2 Å². The molecular formula is C17H19FN4O. The van der Waals surface area contributed by atoms with Crippen LogP contribution >= 0.6 is 0 Å². The van der Waals surface area contributed by atoms with Gasteiger partial charge >= 0.3 is 0 Å². The van der Waals surface area contributed by atoms with E-state index >= 15 is 0 Å². The summed E-state index contributed by atoms with van der Waals surface area (Å²) in [6.07, 6.45) is 0.601. The number of nitrogens with zero attached hydrogens (tertiary/aromatic N) is 3. The minimum Gasteiger partial charge on any atom is -0.396 e. The van der Waals surface area contributed by atoms with E-state index in [4.69, 9.17) is 0 Å². The van der Waals surface area contributed by atoms with Crippen molar-refractivity contribution in [3.63, 3.8) is 0 Å². The van der Waals surface area contributed by atoms with E-state index in [1.165, 1.54) is 12.1 Å². The van der Waals surface area contributed by atoms with Gasteiger partial charge < -0.3 is 10.4 Å². The van der Waals surface area contributed by atoms with Crippen molar-refractivity contribution in [3.05, 3.63) is 52.5 Å². The molecule has 0 radical (unpaired) electrons. The van der Waals surface area contributed by atoms with Crippen molar-refractivity contribution in [1.82, 2.24) is 10.2 Å². The Bertz CT molecular complexity index is 710. The van der Waals surface area contributed by atoms with Crippen molar-refractivity contribution in [2.75, 3.05) is 18.5 Å². The van der Waals surface area contributed by atoms with Gasteiger partial charge in [0.05, 0.1) is 5.69 Å². The summed E-state index contributed by atoms with van der Waals surface area (Å²) in [7, 11) is 0. The van der Waals surface area contributed by atoms with Gasteiger partial charge in [-0.25, -0.2) is 4.39 Å². The number of nitrogens with one attached hydrogen (secondary N) is 1. The van der Waals surface area contributed by atoms with E-state index in [0.717, 1.165) is 16.8 Å². The summed E-state index contributed by atoms with van der Waals surface area (Å²) < 4.78 is 12.9. The number of hydrogen-bond acceptors (Lipinski definition) is 5. The van der Waals surface area contributed by atoms with Crippen LogP contribution in [0.1, 0.15) is 22.4 Å². The highest BCUT2D eigenvalue weighted by atomic mass is 19.1. The molecule has 1 unspecified atom stereocenters. The third-order valence-corrected chi connectivity index (χ3v) is 3.82. The van der Waals surface area contributed by atoms with Gasteiger partial charge in [-0.15, -0.1) is 5.10 Å². The minimum absolute atomic E-state index is 0.0233. The Morgan fingerprint density at radius 3 is 2.57 bits per heavy atom. The molecule has 1 heterocycles. The number of aromatic nitrogens is 2. The largest absolute Gasteiger partial charge is 0.396 e. The van der Waals surface area contributed by atoms with Gasteiger partial charge in [-0.2, -0.15) is 10.4 Å². The second-order valence-electron chi connectivity index (χ2n) is 5.51. The summed E-state index contributed by atoms with van der Waals surface area (Å²) in [4.78, 5) is 0. The third kappa shape index (κ3) is 4.24. The fourth-order valence-electron chi connectivity index (χ4n) is 2.27. The molecule has 0 fully saturated rings. The van der Waals surface area contributed by atoms with Crippen LogP contribution in [0.3, 0.4) is 0 Å². The molecule has 1 aromatic heterocycles. The van der Waals surface area contributed by atoms with E-state index in [1.807, 2.05) is 6.92 Å². The highest BCUT2D eigenvalue weighted by Gasteiger charge is 2.14. The molecule has 1 atom stereocenters. The van der Waals surface area contributed by atoms with Crippen LogP contribution in [-0.2, 0) is 6.42 Å². The topological polar surface area (TPSA) is 81.8 Å². The van der Waals surface area contributed by atoms with Crippen molar-refractivity contribution in [3.8, 4) is 6.07 Å². The monoisotopic (exact) mass is 314 g/mol. The molecular weight excluding hydrogens is 295 g/mol. The molecule has 120 valence electrons. The van der Waals surface area contributed by atoms with Crippen molar-refractivity contribution < 1.29 is 9.50 Å². The summed E-state index contributed by atoms with van der Waals surface area (Å²) in [5, 5.41) is 29.9. The molecule has 6 heteroatoms. The molecule has 0 amide bonds. The van der Waals surface area contributed by atoms with E-state index < -0.39 is 0 Å². The maximum atomic E-state index is 12.9. The number of aliphatic hydroxyl groups excluding tert-OH is 1. The van der Waals surface area contributed by atoms with Gasteiger partial charge in [0.15, 0.2) is 5.82 Å². The molecule has 0 saturated carbocycles. The number of aliphatic hydroxyl groups is 1. The number of hydrogen-bond donors (Lipinski definition) is 2. The molecule has 23 heavy (non-hydrogen) atoms. The summed E-state index contributed by atoms with van der Waals surface area (Å²) >= 11 is 0. The van der Waals surface area contributed by atoms with Crippen LogP contribution in [-0.4, -0.2) is 28.5 Å². The molecule has 2 rings (SSSR count). The number of anilines is 1. The predicted molar refractivity (Wildman–Crippen MR) is 85.4 cm³/mol. The first kappa shape index (κ1) is 16.8. The molecule has 2 N–H and O–H groups in total.